The van der Waals surface area contributed by atoms with Gasteiger partial charge in [0.2, 0.25) is 0 Å². The Morgan fingerprint density at radius 2 is 1.88 bits per heavy atom. The summed E-state index contributed by atoms with van der Waals surface area (Å²) in [7, 11) is 0. The Bertz CT molecular complexity index is 718. The van der Waals surface area contributed by atoms with Crippen LogP contribution in [0.5, 0.6) is 11.5 Å². The monoisotopic (exact) mass is 351 g/mol. The Labute approximate surface area is 146 Å². The average Bonchev–Trinajstić information content (AvgIpc) is 2.58. The first kappa shape index (κ1) is 18.3. The van der Waals surface area contributed by atoms with Crippen molar-refractivity contribution >= 4 is 28.3 Å². The highest BCUT2D eigenvalue weighted by molar-refractivity contribution is 6.34. The summed E-state index contributed by atoms with van der Waals surface area (Å²) >= 11 is 6.15. The number of carbonyl (C=O) groups excluding carboxylic acids is 1. The molecule has 24 heavy (non-hydrogen) atoms. The third-order valence-electron chi connectivity index (χ3n) is 3.59. The first-order valence-electron chi connectivity index (χ1n) is 8.20. The quantitative estimate of drug-likeness (QED) is 0.423. The highest BCUT2D eigenvalue weighted by Crippen LogP contribution is 2.34. The van der Waals surface area contributed by atoms with Gasteiger partial charge in [-0.05, 0) is 31.0 Å². The molecule has 1 heterocycles. The molecule has 0 saturated carbocycles. The summed E-state index contributed by atoms with van der Waals surface area (Å²) in [5.74, 6) is -0.308. The maximum atomic E-state index is 12.1. The SMILES string of the molecule is CCCCOC(=O)c1nc(Cl)c2ccc(OCCCC)cc2c1O. The van der Waals surface area contributed by atoms with E-state index in [0.29, 0.717) is 23.1 Å². The number of benzene rings is 1. The topological polar surface area (TPSA) is 68.7 Å². The standard InChI is InChI=1S/C18H22ClNO4/c1-3-5-9-23-12-7-8-13-14(11-12)16(21)15(20-17(13)19)18(22)24-10-6-4-2/h7-8,11,21H,3-6,9-10H2,1-2H3. The Kier molecular flexibility index (Phi) is 6.67. The summed E-state index contributed by atoms with van der Waals surface area (Å²) in [5.41, 5.74) is -0.172. The van der Waals surface area contributed by atoms with Crippen molar-refractivity contribution in [3.63, 3.8) is 0 Å². The molecule has 0 unspecified atom stereocenters. The predicted molar refractivity (Wildman–Crippen MR) is 94.0 cm³/mol. The van der Waals surface area contributed by atoms with Crippen LogP contribution in [0.3, 0.4) is 0 Å². The molecular weight excluding hydrogens is 330 g/mol. The minimum Gasteiger partial charge on any atom is -0.505 e. The predicted octanol–water partition coefficient (Wildman–Crippen LogP) is 4.73. The molecule has 0 bridgehead atoms. The number of hydrogen-bond acceptors (Lipinski definition) is 5. The number of pyridine rings is 1. The molecule has 0 aliphatic rings. The number of nitrogens with zero attached hydrogens (tertiary/aromatic N) is 1. The summed E-state index contributed by atoms with van der Waals surface area (Å²) < 4.78 is 10.7. The van der Waals surface area contributed by atoms with Gasteiger partial charge in [-0.1, -0.05) is 38.3 Å². The van der Waals surface area contributed by atoms with Crippen LogP contribution in [0.25, 0.3) is 10.8 Å². The number of hydrogen-bond donors (Lipinski definition) is 1. The molecule has 0 atom stereocenters. The molecule has 1 aromatic carbocycles. The van der Waals surface area contributed by atoms with Crippen molar-refractivity contribution in [3.8, 4) is 11.5 Å². The number of ether oxygens (including phenoxy) is 2. The Morgan fingerprint density at radius 1 is 1.17 bits per heavy atom. The van der Waals surface area contributed by atoms with Gasteiger partial charge < -0.3 is 14.6 Å². The lowest BCUT2D eigenvalue weighted by atomic mass is 10.1. The van der Waals surface area contributed by atoms with Crippen molar-refractivity contribution in [1.29, 1.82) is 0 Å². The van der Waals surface area contributed by atoms with Crippen LogP contribution >= 0.6 is 11.6 Å². The van der Waals surface area contributed by atoms with Crippen LogP contribution in [-0.4, -0.2) is 29.3 Å². The smallest absolute Gasteiger partial charge is 0.360 e. The van der Waals surface area contributed by atoms with Crippen LogP contribution in [0, 0.1) is 0 Å². The van der Waals surface area contributed by atoms with Gasteiger partial charge in [0.25, 0.3) is 0 Å². The lowest BCUT2D eigenvalue weighted by molar-refractivity contribution is 0.0489. The fourth-order valence-electron chi connectivity index (χ4n) is 2.18. The van der Waals surface area contributed by atoms with E-state index in [-0.39, 0.29) is 23.2 Å². The first-order chi connectivity index (χ1) is 11.6. The summed E-state index contributed by atoms with van der Waals surface area (Å²) in [6.07, 6.45) is 3.63. The molecular formula is C18H22ClNO4. The van der Waals surface area contributed by atoms with Gasteiger partial charge in [0.1, 0.15) is 10.9 Å². The highest BCUT2D eigenvalue weighted by atomic mass is 35.5. The largest absolute Gasteiger partial charge is 0.505 e. The summed E-state index contributed by atoms with van der Waals surface area (Å²) in [6.45, 7) is 4.95. The van der Waals surface area contributed by atoms with Crippen LogP contribution in [0.15, 0.2) is 18.2 Å². The van der Waals surface area contributed by atoms with E-state index in [1.165, 1.54) is 0 Å². The number of rotatable bonds is 8. The molecule has 0 radical (unpaired) electrons. The highest BCUT2D eigenvalue weighted by Gasteiger charge is 2.20. The number of aromatic nitrogens is 1. The van der Waals surface area contributed by atoms with Gasteiger partial charge in [-0.15, -0.1) is 0 Å². The third-order valence-corrected chi connectivity index (χ3v) is 3.88. The minimum absolute atomic E-state index is 0.144. The van der Waals surface area contributed by atoms with Crippen LogP contribution in [-0.2, 0) is 4.74 Å². The number of halogens is 1. The molecule has 1 aromatic heterocycles. The Balaban J connectivity index is 2.33. The molecule has 0 spiro atoms. The van der Waals surface area contributed by atoms with Crippen molar-refractivity contribution in [3.05, 3.63) is 29.0 Å². The number of fused-ring (bicyclic) bond motifs is 1. The van der Waals surface area contributed by atoms with Crippen molar-refractivity contribution < 1.29 is 19.4 Å². The van der Waals surface area contributed by atoms with Crippen molar-refractivity contribution in [2.24, 2.45) is 0 Å². The minimum atomic E-state index is -0.679. The zero-order valence-corrected chi connectivity index (χ0v) is 14.7. The Hall–Kier alpha value is -2.01. The molecule has 0 amide bonds. The second-order valence-electron chi connectivity index (χ2n) is 5.50. The van der Waals surface area contributed by atoms with Crippen molar-refractivity contribution in [2.45, 2.75) is 39.5 Å². The van der Waals surface area contributed by atoms with Gasteiger partial charge in [0.05, 0.1) is 13.2 Å². The molecule has 0 aliphatic heterocycles. The van der Waals surface area contributed by atoms with E-state index in [2.05, 4.69) is 11.9 Å². The van der Waals surface area contributed by atoms with E-state index in [1.807, 2.05) is 6.92 Å². The number of aromatic hydroxyl groups is 1. The number of carbonyl (C=O) groups is 1. The summed E-state index contributed by atoms with van der Waals surface area (Å²) in [5, 5.41) is 11.5. The van der Waals surface area contributed by atoms with E-state index in [9.17, 15) is 9.90 Å². The van der Waals surface area contributed by atoms with E-state index < -0.39 is 5.97 Å². The molecule has 5 nitrogen and oxygen atoms in total. The fraction of sp³-hybridized carbons (Fsp3) is 0.444. The molecule has 0 fully saturated rings. The van der Waals surface area contributed by atoms with Crippen LogP contribution in [0.2, 0.25) is 5.15 Å². The molecule has 6 heteroatoms. The van der Waals surface area contributed by atoms with Gasteiger partial charge in [-0.3, -0.25) is 0 Å². The molecule has 2 aromatic rings. The third kappa shape index (κ3) is 4.29. The molecule has 2 rings (SSSR count). The second-order valence-corrected chi connectivity index (χ2v) is 5.86. The van der Waals surface area contributed by atoms with Crippen LogP contribution in [0.4, 0.5) is 0 Å². The zero-order chi connectivity index (χ0) is 17.5. The number of esters is 1. The zero-order valence-electron chi connectivity index (χ0n) is 14.0. The van der Waals surface area contributed by atoms with Crippen LogP contribution in [0.1, 0.15) is 50.0 Å². The second kappa shape index (κ2) is 8.73. The van der Waals surface area contributed by atoms with E-state index in [0.717, 1.165) is 25.7 Å². The van der Waals surface area contributed by atoms with Crippen molar-refractivity contribution in [2.75, 3.05) is 13.2 Å². The van der Waals surface area contributed by atoms with Crippen LogP contribution < -0.4 is 4.74 Å². The summed E-state index contributed by atoms with van der Waals surface area (Å²) in [6, 6.07) is 5.15. The fourth-order valence-corrected chi connectivity index (χ4v) is 2.43. The van der Waals surface area contributed by atoms with E-state index in [1.54, 1.807) is 18.2 Å². The van der Waals surface area contributed by atoms with Gasteiger partial charge in [0, 0.05) is 10.8 Å². The van der Waals surface area contributed by atoms with Gasteiger partial charge in [0.15, 0.2) is 11.4 Å². The first-order valence-corrected chi connectivity index (χ1v) is 8.58. The normalized spacial score (nSPS) is 10.8. The number of unbranched alkanes of at least 4 members (excludes halogenated alkanes) is 2. The Morgan fingerprint density at radius 3 is 2.58 bits per heavy atom. The molecule has 130 valence electrons. The summed E-state index contributed by atoms with van der Waals surface area (Å²) in [4.78, 5) is 16.1. The molecule has 1 N–H and O–H groups in total. The lowest BCUT2D eigenvalue weighted by Crippen LogP contribution is -2.09. The molecule has 0 aliphatic carbocycles. The maximum Gasteiger partial charge on any atom is 0.360 e. The lowest BCUT2D eigenvalue weighted by Gasteiger charge is -2.11. The van der Waals surface area contributed by atoms with Gasteiger partial charge in [-0.2, -0.15) is 0 Å². The average molecular weight is 352 g/mol. The van der Waals surface area contributed by atoms with Crippen molar-refractivity contribution in [1.82, 2.24) is 4.98 Å². The molecule has 0 saturated heterocycles. The van der Waals surface area contributed by atoms with E-state index in [4.69, 9.17) is 21.1 Å². The van der Waals surface area contributed by atoms with Gasteiger partial charge in [-0.25, -0.2) is 9.78 Å². The van der Waals surface area contributed by atoms with Gasteiger partial charge >= 0.3 is 5.97 Å². The maximum absolute atomic E-state index is 12.1. The van der Waals surface area contributed by atoms with E-state index >= 15 is 0 Å².